The summed E-state index contributed by atoms with van der Waals surface area (Å²) in [6.07, 6.45) is 0. The molecule has 0 amide bonds. The van der Waals surface area contributed by atoms with E-state index < -0.39 is 0 Å². The Morgan fingerprint density at radius 2 is 0.815 bits per heavy atom. The van der Waals surface area contributed by atoms with Crippen LogP contribution in [-0.2, 0) is 0 Å². The van der Waals surface area contributed by atoms with Gasteiger partial charge in [0.2, 0.25) is 0 Å². The Morgan fingerprint density at radius 3 is 1.59 bits per heavy atom. The van der Waals surface area contributed by atoms with Crippen LogP contribution in [0.2, 0.25) is 0 Å². The van der Waals surface area contributed by atoms with Crippen LogP contribution >= 0.6 is 0 Å². The summed E-state index contributed by atoms with van der Waals surface area (Å²) in [5.74, 6) is 0. The van der Waals surface area contributed by atoms with Crippen molar-refractivity contribution in [2.75, 3.05) is 4.90 Å². The number of nitrogens with zero attached hydrogens (tertiary/aromatic N) is 1. The second kappa shape index (κ2) is 12.2. The summed E-state index contributed by atoms with van der Waals surface area (Å²) in [5, 5.41) is 12.4. The summed E-state index contributed by atoms with van der Waals surface area (Å²) in [4.78, 5) is 2.34. The minimum absolute atomic E-state index is 0.872. The van der Waals surface area contributed by atoms with E-state index in [2.05, 4.69) is 193 Å². The second-order valence-electron chi connectivity index (χ2n) is 14.1. The number of hydrogen-bond acceptors (Lipinski definition) is 2. The van der Waals surface area contributed by atoms with Gasteiger partial charge < -0.3 is 9.32 Å². The molecule has 2 heteroatoms. The Morgan fingerprint density at radius 1 is 0.278 bits per heavy atom. The smallest absolute Gasteiger partial charge is 0.137 e. The summed E-state index contributed by atoms with van der Waals surface area (Å²) < 4.78 is 6.40. The first-order valence-electron chi connectivity index (χ1n) is 18.5. The number of benzene rings is 10. The lowest BCUT2D eigenvalue weighted by Crippen LogP contribution is -2.10. The first-order valence-corrected chi connectivity index (χ1v) is 18.5. The predicted octanol–water partition coefficient (Wildman–Crippen LogP) is 15.0. The molecule has 10 aromatic carbocycles. The van der Waals surface area contributed by atoms with Crippen molar-refractivity contribution >= 4 is 82.1 Å². The monoisotopic (exact) mass is 687 g/mol. The van der Waals surface area contributed by atoms with E-state index in [1.807, 2.05) is 12.1 Å². The summed E-state index contributed by atoms with van der Waals surface area (Å²) in [6.45, 7) is 0. The van der Waals surface area contributed by atoms with E-state index in [-0.39, 0.29) is 0 Å². The highest BCUT2D eigenvalue weighted by atomic mass is 16.3. The largest absolute Gasteiger partial charge is 0.456 e. The fourth-order valence-corrected chi connectivity index (χ4v) is 8.48. The second-order valence-corrected chi connectivity index (χ2v) is 14.1. The van der Waals surface area contributed by atoms with Crippen molar-refractivity contribution in [1.29, 1.82) is 0 Å². The van der Waals surface area contributed by atoms with Gasteiger partial charge in [0.05, 0.1) is 0 Å². The molecule has 11 rings (SSSR count). The van der Waals surface area contributed by atoms with Crippen molar-refractivity contribution in [1.82, 2.24) is 0 Å². The molecule has 0 unspecified atom stereocenters. The van der Waals surface area contributed by atoms with E-state index in [1.54, 1.807) is 0 Å². The van der Waals surface area contributed by atoms with E-state index in [1.165, 1.54) is 65.3 Å². The third-order valence-electron chi connectivity index (χ3n) is 11.0. The Kier molecular flexibility index (Phi) is 6.90. The zero-order valence-electron chi connectivity index (χ0n) is 29.4. The number of hydrogen-bond donors (Lipinski definition) is 0. The van der Waals surface area contributed by atoms with Crippen molar-refractivity contribution in [2.45, 2.75) is 0 Å². The molecule has 1 aromatic heterocycles. The molecular formula is C52H33NO. The van der Waals surface area contributed by atoms with Crippen molar-refractivity contribution in [3.05, 3.63) is 200 Å². The molecule has 0 radical (unpaired) electrons. The van der Waals surface area contributed by atoms with Gasteiger partial charge in [0.25, 0.3) is 0 Å². The van der Waals surface area contributed by atoms with Gasteiger partial charge in [-0.1, -0.05) is 146 Å². The number of fused-ring (bicyclic) bond motifs is 10. The summed E-state index contributed by atoms with van der Waals surface area (Å²) in [5.41, 5.74) is 9.72. The van der Waals surface area contributed by atoms with E-state index in [0.29, 0.717) is 0 Å². The number of furan rings is 1. The van der Waals surface area contributed by atoms with E-state index in [9.17, 15) is 0 Å². The molecule has 0 atom stereocenters. The average molecular weight is 688 g/mol. The molecule has 252 valence electrons. The van der Waals surface area contributed by atoms with Gasteiger partial charge in [-0.15, -0.1) is 0 Å². The summed E-state index contributed by atoms with van der Waals surface area (Å²) in [7, 11) is 0. The quantitative estimate of drug-likeness (QED) is 0.168. The molecule has 0 aliphatic heterocycles. The third kappa shape index (κ3) is 4.88. The van der Waals surface area contributed by atoms with Crippen molar-refractivity contribution in [2.24, 2.45) is 0 Å². The molecule has 1 heterocycles. The molecule has 2 nitrogen and oxygen atoms in total. The summed E-state index contributed by atoms with van der Waals surface area (Å²) in [6, 6.07) is 72.3. The molecule has 0 saturated carbocycles. The van der Waals surface area contributed by atoms with E-state index in [4.69, 9.17) is 4.42 Å². The number of rotatable bonds is 5. The highest BCUT2D eigenvalue weighted by Gasteiger charge is 2.17. The van der Waals surface area contributed by atoms with Crippen molar-refractivity contribution in [3.63, 3.8) is 0 Å². The zero-order chi connectivity index (χ0) is 35.6. The van der Waals surface area contributed by atoms with Crippen molar-refractivity contribution < 1.29 is 4.42 Å². The summed E-state index contributed by atoms with van der Waals surface area (Å²) >= 11 is 0. The number of para-hydroxylation sites is 1. The Bertz CT molecular complexity index is 3190. The third-order valence-corrected chi connectivity index (χ3v) is 11.0. The van der Waals surface area contributed by atoms with Crippen LogP contribution in [0, 0.1) is 0 Å². The molecule has 0 fully saturated rings. The minimum Gasteiger partial charge on any atom is -0.456 e. The Balaban J connectivity index is 1.05. The van der Waals surface area contributed by atoms with Crippen LogP contribution in [0.4, 0.5) is 17.1 Å². The minimum atomic E-state index is 0.872. The van der Waals surface area contributed by atoms with Crippen LogP contribution in [0.25, 0.3) is 87.3 Å². The van der Waals surface area contributed by atoms with Crippen LogP contribution in [0.5, 0.6) is 0 Å². The number of anilines is 3. The molecule has 0 N–H and O–H groups in total. The lowest BCUT2D eigenvalue weighted by Gasteiger charge is -2.26. The average Bonchev–Trinajstić information content (AvgIpc) is 3.62. The van der Waals surface area contributed by atoms with Gasteiger partial charge in [-0.3, -0.25) is 0 Å². The fourth-order valence-electron chi connectivity index (χ4n) is 8.48. The van der Waals surface area contributed by atoms with E-state index in [0.717, 1.165) is 39.0 Å². The maximum Gasteiger partial charge on any atom is 0.137 e. The van der Waals surface area contributed by atoms with Crippen LogP contribution in [0.1, 0.15) is 0 Å². The topological polar surface area (TPSA) is 16.4 Å². The van der Waals surface area contributed by atoms with Crippen LogP contribution in [-0.4, -0.2) is 0 Å². The van der Waals surface area contributed by atoms with Gasteiger partial charge >= 0.3 is 0 Å². The first-order chi connectivity index (χ1) is 26.8. The van der Waals surface area contributed by atoms with Gasteiger partial charge in [0.15, 0.2) is 0 Å². The molecule has 54 heavy (non-hydrogen) atoms. The molecule has 11 aromatic rings. The predicted molar refractivity (Wildman–Crippen MR) is 229 cm³/mol. The lowest BCUT2D eigenvalue weighted by atomic mass is 9.92. The highest BCUT2D eigenvalue weighted by molar-refractivity contribution is 6.25. The molecule has 0 aliphatic carbocycles. The van der Waals surface area contributed by atoms with Crippen molar-refractivity contribution in [3.8, 4) is 22.3 Å². The van der Waals surface area contributed by atoms with Gasteiger partial charge in [-0.2, -0.15) is 0 Å². The molecule has 0 aliphatic rings. The van der Waals surface area contributed by atoms with E-state index >= 15 is 0 Å². The molecule has 0 bridgehead atoms. The molecule has 0 spiro atoms. The first kappa shape index (κ1) is 30.5. The fraction of sp³-hybridized carbons (Fsp3) is 0. The van der Waals surface area contributed by atoms with Gasteiger partial charge in [-0.05, 0) is 114 Å². The van der Waals surface area contributed by atoms with Crippen LogP contribution < -0.4 is 4.90 Å². The highest BCUT2D eigenvalue weighted by Crippen LogP contribution is 2.42. The molecular weight excluding hydrogens is 655 g/mol. The van der Waals surface area contributed by atoms with Crippen LogP contribution in [0.15, 0.2) is 205 Å². The lowest BCUT2D eigenvalue weighted by molar-refractivity contribution is 0.669. The maximum absolute atomic E-state index is 6.40. The maximum atomic E-state index is 6.40. The van der Waals surface area contributed by atoms with Gasteiger partial charge in [0, 0.05) is 33.9 Å². The standard InChI is InChI=1S/C52H33NO/c1-2-15-41-35(11-1)12-10-21-42(41)37-13-9-14-39(31-37)53(40-28-30-49-48-20-7-8-22-51(48)54-52(49)33-40)38-26-23-34(24-27-38)36-25-29-47-45-18-4-3-16-43(45)44-17-5-6-19-46(44)50(47)32-36/h1-33H. The SMILES string of the molecule is c1cc(-c2cccc3ccccc23)cc(N(c2ccc(-c3ccc4c5ccccc5c5ccccc5c4c3)cc2)c2ccc3c(c2)oc2ccccc23)c1. The van der Waals surface area contributed by atoms with Crippen LogP contribution in [0.3, 0.4) is 0 Å². The zero-order valence-corrected chi connectivity index (χ0v) is 29.4. The molecule has 0 saturated heterocycles. The Hall–Kier alpha value is -7.16. The normalized spacial score (nSPS) is 11.7. The Labute approximate surface area is 312 Å². The van der Waals surface area contributed by atoms with Gasteiger partial charge in [-0.25, -0.2) is 0 Å². The van der Waals surface area contributed by atoms with Gasteiger partial charge in [0.1, 0.15) is 11.2 Å².